The summed E-state index contributed by atoms with van der Waals surface area (Å²) in [6.45, 7) is 10.4. The molecule has 0 saturated carbocycles. The third-order valence-electron chi connectivity index (χ3n) is 5.40. The van der Waals surface area contributed by atoms with Crippen LogP contribution >= 0.6 is 11.6 Å². The van der Waals surface area contributed by atoms with E-state index in [2.05, 4.69) is 28.5 Å². The number of piperazine rings is 1. The molecule has 1 aliphatic heterocycles. The Kier molecular flexibility index (Phi) is 5.84. The van der Waals surface area contributed by atoms with Crippen LogP contribution in [0.2, 0.25) is 5.02 Å². The van der Waals surface area contributed by atoms with Crippen LogP contribution in [0.1, 0.15) is 33.3 Å². The number of nitrogens with zero attached hydrogens (tertiary/aromatic N) is 4. The van der Waals surface area contributed by atoms with E-state index in [1.54, 1.807) is 0 Å². The van der Waals surface area contributed by atoms with Crippen LogP contribution in [0.15, 0.2) is 48.5 Å². The van der Waals surface area contributed by atoms with Gasteiger partial charge in [0.25, 0.3) is 0 Å². The number of hydrogen-bond acceptors (Lipinski definition) is 4. The maximum Gasteiger partial charge on any atom is 0.410 e. The summed E-state index contributed by atoms with van der Waals surface area (Å²) in [6, 6.07) is 16.1. The Hall–Kier alpha value is -2.73. The number of ether oxygens (including phenoxy) is 1. The van der Waals surface area contributed by atoms with Gasteiger partial charge in [-0.3, -0.25) is 0 Å². The van der Waals surface area contributed by atoms with Gasteiger partial charge in [0.2, 0.25) is 5.95 Å². The molecule has 0 radical (unpaired) electrons. The molecule has 31 heavy (non-hydrogen) atoms. The zero-order chi connectivity index (χ0) is 22.2. The number of rotatable bonds is 3. The standard InChI is InChI=1S/C24H29ClN4O2/c1-17-15-27(12-13-28(17)23(30)31-24(2,3)4)22-26-20-10-5-6-11-21(20)29(22)16-18-8-7-9-19(25)14-18/h5-11,14,17H,12-13,15-16H2,1-4H3/t17-/m0/s1. The van der Waals surface area contributed by atoms with Gasteiger partial charge in [0.05, 0.1) is 17.6 Å². The summed E-state index contributed by atoms with van der Waals surface area (Å²) >= 11 is 6.22. The molecule has 1 aliphatic rings. The monoisotopic (exact) mass is 440 g/mol. The summed E-state index contributed by atoms with van der Waals surface area (Å²) in [7, 11) is 0. The van der Waals surface area contributed by atoms with E-state index in [4.69, 9.17) is 21.3 Å². The second-order valence-electron chi connectivity index (χ2n) is 9.09. The fourth-order valence-electron chi connectivity index (χ4n) is 4.01. The molecule has 6 nitrogen and oxygen atoms in total. The largest absolute Gasteiger partial charge is 0.444 e. The lowest BCUT2D eigenvalue weighted by Gasteiger charge is -2.40. The normalized spacial score (nSPS) is 17.3. The lowest BCUT2D eigenvalue weighted by atomic mass is 10.2. The van der Waals surface area contributed by atoms with Gasteiger partial charge in [0.15, 0.2) is 0 Å². The Bertz CT molecular complexity index is 1090. The van der Waals surface area contributed by atoms with Crippen LogP contribution in [-0.2, 0) is 11.3 Å². The van der Waals surface area contributed by atoms with Crippen LogP contribution in [-0.4, -0.2) is 51.8 Å². The number of aromatic nitrogens is 2. The average Bonchev–Trinajstić information content (AvgIpc) is 3.05. The third kappa shape index (κ3) is 4.79. The van der Waals surface area contributed by atoms with E-state index in [-0.39, 0.29) is 12.1 Å². The third-order valence-corrected chi connectivity index (χ3v) is 5.64. The van der Waals surface area contributed by atoms with Gasteiger partial charge in [0, 0.05) is 30.7 Å². The number of hydrogen-bond donors (Lipinski definition) is 0. The molecule has 0 unspecified atom stereocenters. The molecule has 0 bridgehead atoms. The van der Waals surface area contributed by atoms with Crippen LogP contribution in [0.4, 0.5) is 10.7 Å². The van der Waals surface area contributed by atoms with Crippen molar-refractivity contribution in [3.05, 3.63) is 59.1 Å². The van der Waals surface area contributed by atoms with Crippen LogP contribution < -0.4 is 4.90 Å². The molecule has 1 amide bonds. The highest BCUT2D eigenvalue weighted by atomic mass is 35.5. The Labute approximate surface area is 188 Å². The number of fused-ring (bicyclic) bond motifs is 1. The lowest BCUT2D eigenvalue weighted by Crippen LogP contribution is -2.55. The molecule has 1 fully saturated rings. The Morgan fingerprint density at radius 3 is 2.65 bits per heavy atom. The summed E-state index contributed by atoms with van der Waals surface area (Å²) in [5.41, 5.74) is 2.66. The zero-order valence-corrected chi connectivity index (χ0v) is 19.3. The Balaban J connectivity index is 1.61. The second kappa shape index (κ2) is 8.42. The van der Waals surface area contributed by atoms with Crippen LogP contribution in [0, 0.1) is 0 Å². The summed E-state index contributed by atoms with van der Waals surface area (Å²) < 4.78 is 7.82. The van der Waals surface area contributed by atoms with Gasteiger partial charge >= 0.3 is 6.09 Å². The molecule has 0 N–H and O–H groups in total. The molecule has 1 saturated heterocycles. The van der Waals surface area contributed by atoms with Crippen molar-refractivity contribution in [3.63, 3.8) is 0 Å². The van der Waals surface area contributed by atoms with Crippen molar-refractivity contribution in [3.8, 4) is 0 Å². The molecule has 0 spiro atoms. The van der Waals surface area contributed by atoms with Gasteiger partial charge in [0.1, 0.15) is 5.60 Å². The first-order valence-corrected chi connectivity index (χ1v) is 11.0. The van der Waals surface area contributed by atoms with Crippen LogP contribution in [0.5, 0.6) is 0 Å². The summed E-state index contributed by atoms with van der Waals surface area (Å²) in [4.78, 5) is 21.6. The summed E-state index contributed by atoms with van der Waals surface area (Å²) in [5.74, 6) is 0.914. The van der Waals surface area contributed by atoms with Gasteiger partial charge in [-0.25, -0.2) is 9.78 Å². The highest BCUT2D eigenvalue weighted by Gasteiger charge is 2.32. The van der Waals surface area contributed by atoms with Gasteiger partial charge in [-0.2, -0.15) is 0 Å². The van der Waals surface area contributed by atoms with Gasteiger partial charge in [-0.1, -0.05) is 35.9 Å². The fraction of sp³-hybridized carbons (Fsp3) is 0.417. The molecule has 7 heteroatoms. The van der Waals surface area contributed by atoms with Crippen LogP contribution in [0.3, 0.4) is 0 Å². The van der Waals surface area contributed by atoms with E-state index in [9.17, 15) is 4.79 Å². The maximum atomic E-state index is 12.6. The predicted molar refractivity (Wildman–Crippen MR) is 125 cm³/mol. The number of amides is 1. The van der Waals surface area contributed by atoms with Crippen molar-refractivity contribution in [2.24, 2.45) is 0 Å². The molecular formula is C24H29ClN4O2. The first kappa shape index (κ1) is 21.5. The van der Waals surface area contributed by atoms with E-state index < -0.39 is 5.60 Å². The van der Waals surface area contributed by atoms with Crippen molar-refractivity contribution >= 4 is 34.7 Å². The number of benzene rings is 2. The number of anilines is 1. The predicted octanol–water partition coefficient (Wildman–Crippen LogP) is 5.18. The minimum Gasteiger partial charge on any atom is -0.444 e. The van der Waals surface area contributed by atoms with Crippen molar-refractivity contribution in [2.45, 2.75) is 45.9 Å². The van der Waals surface area contributed by atoms with Gasteiger partial charge in [-0.15, -0.1) is 0 Å². The molecular weight excluding hydrogens is 412 g/mol. The van der Waals surface area contributed by atoms with Crippen molar-refractivity contribution in [1.29, 1.82) is 0 Å². The molecule has 1 aromatic heterocycles. The number of halogens is 1. The number of carbonyl (C=O) groups excluding carboxylic acids is 1. The van der Waals surface area contributed by atoms with E-state index >= 15 is 0 Å². The smallest absolute Gasteiger partial charge is 0.410 e. The van der Waals surface area contributed by atoms with Crippen molar-refractivity contribution in [2.75, 3.05) is 24.5 Å². The highest BCUT2D eigenvalue weighted by Crippen LogP contribution is 2.27. The molecule has 3 aromatic rings. The van der Waals surface area contributed by atoms with Gasteiger partial charge < -0.3 is 19.1 Å². The summed E-state index contributed by atoms with van der Waals surface area (Å²) in [6.07, 6.45) is -0.257. The Morgan fingerprint density at radius 2 is 1.94 bits per heavy atom. The average molecular weight is 441 g/mol. The van der Waals surface area contributed by atoms with E-state index in [1.807, 2.05) is 62.1 Å². The van der Waals surface area contributed by atoms with Crippen LogP contribution in [0.25, 0.3) is 11.0 Å². The molecule has 0 aliphatic carbocycles. The fourth-order valence-corrected chi connectivity index (χ4v) is 4.22. The quantitative estimate of drug-likeness (QED) is 0.562. The summed E-state index contributed by atoms with van der Waals surface area (Å²) in [5, 5.41) is 0.725. The number of imidazole rings is 1. The topological polar surface area (TPSA) is 50.6 Å². The highest BCUT2D eigenvalue weighted by molar-refractivity contribution is 6.30. The van der Waals surface area contributed by atoms with E-state index in [1.165, 1.54) is 0 Å². The number of carbonyl (C=O) groups is 1. The second-order valence-corrected chi connectivity index (χ2v) is 9.52. The first-order valence-electron chi connectivity index (χ1n) is 10.7. The van der Waals surface area contributed by atoms with E-state index in [0.29, 0.717) is 26.2 Å². The zero-order valence-electron chi connectivity index (χ0n) is 18.5. The molecule has 1 atom stereocenters. The maximum absolute atomic E-state index is 12.6. The number of para-hydroxylation sites is 2. The minimum absolute atomic E-state index is 0.0167. The molecule has 164 valence electrons. The first-order chi connectivity index (χ1) is 14.7. The van der Waals surface area contributed by atoms with Crippen molar-refractivity contribution in [1.82, 2.24) is 14.5 Å². The van der Waals surface area contributed by atoms with Crippen molar-refractivity contribution < 1.29 is 9.53 Å². The molecule has 4 rings (SSSR count). The van der Waals surface area contributed by atoms with E-state index in [0.717, 1.165) is 27.6 Å². The van der Waals surface area contributed by atoms with Gasteiger partial charge in [-0.05, 0) is 57.5 Å². The minimum atomic E-state index is -0.501. The molecule has 2 aromatic carbocycles. The SMILES string of the molecule is C[C@H]1CN(c2nc3ccccc3n2Cc2cccc(Cl)c2)CCN1C(=O)OC(C)(C)C. The lowest BCUT2D eigenvalue weighted by molar-refractivity contribution is 0.0158. The Morgan fingerprint density at radius 1 is 1.16 bits per heavy atom. The molecule has 2 heterocycles.